The lowest BCUT2D eigenvalue weighted by Gasteiger charge is -2.00. The van der Waals surface area contributed by atoms with E-state index in [0.717, 1.165) is 20.7 Å². The third-order valence-corrected chi connectivity index (χ3v) is 4.22. The molecule has 3 nitrogen and oxygen atoms in total. The van der Waals surface area contributed by atoms with Crippen LogP contribution in [0.15, 0.2) is 58.2 Å². The maximum atomic E-state index is 12.1. The molecular weight excluding hydrogens is 336 g/mol. The molecule has 20 heavy (non-hydrogen) atoms. The highest BCUT2D eigenvalue weighted by Crippen LogP contribution is 2.21. The van der Waals surface area contributed by atoms with Crippen LogP contribution in [0.3, 0.4) is 0 Å². The molecule has 1 aromatic heterocycles. The van der Waals surface area contributed by atoms with E-state index in [1.165, 1.54) is 11.8 Å². The Morgan fingerprint density at radius 3 is 2.85 bits per heavy atom. The van der Waals surface area contributed by atoms with E-state index in [1.54, 1.807) is 0 Å². The van der Waals surface area contributed by atoms with Crippen LogP contribution in [0.25, 0.3) is 11.0 Å². The van der Waals surface area contributed by atoms with Crippen molar-refractivity contribution in [2.45, 2.75) is 5.16 Å². The number of carbonyl (C=O) groups is 1. The molecule has 3 aromatic rings. The average molecular weight is 347 g/mol. The van der Waals surface area contributed by atoms with Gasteiger partial charge in [-0.15, -0.1) is 0 Å². The first-order chi connectivity index (χ1) is 9.72. The maximum Gasteiger partial charge on any atom is 0.173 e. The molecule has 0 aliphatic heterocycles. The van der Waals surface area contributed by atoms with Crippen molar-refractivity contribution in [2.75, 3.05) is 5.75 Å². The fourth-order valence-electron chi connectivity index (χ4n) is 1.88. The SMILES string of the molecule is O=C(CSc1nc2ccccc2[nH]1)c1cccc(Br)c1. The van der Waals surface area contributed by atoms with Gasteiger partial charge in [0.05, 0.1) is 16.8 Å². The Labute approximate surface area is 128 Å². The number of nitrogens with one attached hydrogen (secondary N) is 1. The number of hydrogen-bond donors (Lipinski definition) is 1. The fourth-order valence-corrected chi connectivity index (χ4v) is 3.06. The van der Waals surface area contributed by atoms with Crippen LogP contribution >= 0.6 is 27.7 Å². The number of fused-ring (bicyclic) bond motifs is 1. The Hall–Kier alpha value is -1.59. The number of H-pyrrole nitrogens is 1. The van der Waals surface area contributed by atoms with Crippen molar-refractivity contribution in [3.8, 4) is 0 Å². The number of rotatable bonds is 4. The van der Waals surface area contributed by atoms with Gasteiger partial charge in [-0.2, -0.15) is 0 Å². The molecule has 1 heterocycles. The van der Waals surface area contributed by atoms with Crippen molar-refractivity contribution >= 4 is 44.5 Å². The number of hydrogen-bond acceptors (Lipinski definition) is 3. The van der Waals surface area contributed by atoms with E-state index in [2.05, 4.69) is 25.9 Å². The zero-order chi connectivity index (χ0) is 13.9. The first-order valence-corrected chi connectivity index (χ1v) is 7.86. The van der Waals surface area contributed by atoms with Crippen LogP contribution < -0.4 is 0 Å². The summed E-state index contributed by atoms with van der Waals surface area (Å²) in [6, 6.07) is 15.3. The van der Waals surface area contributed by atoms with Crippen LogP contribution in [0.5, 0.6) is 0 Å². The lowest BCUT2D eigenvalue weighted by molar-refractivity contribution is 0.102. The monoisotopic (exact) mass is 346 g/mol. The van der Waals surface area contributed by atoms with Crippen molar-refractivity contribution in [1.29, 1.82) is 0 Å². The van der Waals surface area contributed by atoms with Gasteiger partial charge < -0.3 is 4.98 Å². The zero-order valence-corrected chi connectivity index (χ0v) is 12.9. The summed E-state index contributed by atoms with van der Waals surface area (Å²) in [5.41, 5.74) is 2.62. The molecule has 0 unspecified atom stereocenters. The maximum absolute atomic E-state index is 12.1. The zero-order valence-electron chi connectivity index (χ0n) is 10.5. The topological polar surface area (TPSA) is 45.8 Å². The second-order valence-electron chi connectivity index (χ2n) is 4.28. The second-order valence-corrected chi connectivity index (χ2v) is 6.16. The number of nitrogens with zero attached hydrogens (tertiary/aromatic N) is 1. The summed E-state index contributed by atoms with van der Waals surface area (Å²) < 4.78 is 0.914. The number of thioether (sulfide) groups is 1. The largest absolute Gasteiger partial charge is 0.333 e. The van der Waals surface area contributed by atoms with E-state index in [1.807, 2.05) is 48.5 Å². The van der Waals surface area contributed by atoms with Crippen LogP contribution in [0.2, 0.25) is 0 Å². The van der Waals surface area contributed by atoms with E-state index < -0.39 is 0 Å². The molecule has 5 heteroatoms. The molecule has 0 radical (unpaired) electrons. The van der Waals surface area contributed by atoms with Crippen molar-refractivity contribution < 1.29 is 4.79 Å². The van der Waals surface area contributed by atoms with Gasteiger partial charge in [-0.05, 0) is 24.3 Å². The number of para-hydroxylation sites is 2. The van der Waals surface area contributed by atoms with E-state index in [-0.39, 0.29) is 5.78 Å². The normalized spacial score (nSPS) is 10.8. The molecule has 0 aliphatic carbocycles. The van der Waals surface area contributed by atoms with Gasteiger partial charge in [-0.25, -0.2) is 4.98 Å². The summed E-state index contributed by atoms with van der Waals surface area (Å²) in [6.45, 7) is 0. The molecule has 0 saturated heterocycles. The summed E-state index contributed by atoms with van der Waals surface area (Å²) in [5, 5.41) is 0.773. The van der Waals surface area contributed by atoms with Gasteiger partial charge in [0.25, 0.3) is 0 Å². The Morgan fingerprint density at radius 1 is 1.20 bits per heavy atom. The van der Waals surface area contributed by atoms with Crippen molar-refractivity contribution in [2.24, 2.45) is 0 Å². The highest BCUT2D eigenvalue weighted by atomic mass is 79.9. The Bertz CT molecular complexity index is 736. The predicted octanol–water partition coefficient (Wildman–Crippen LogP) is 4.30. The number of halogens is 1. The van der Waals surface area contributed by atoms with Crippen molar-refractivity contribution in [3.05, 3.63) is 58.6 Å². The van der Waals surface area contributed by atoms with Crippen LogP contribution in [0.1, 0.15) is 10.4 Å². The van der Waals surface area contributed by atoms with E-state index >= 15 is 0 Å². The molecular formula is C15H11BrN2OS. The summed E-state index contributed by atoms with van der Waals surface area (Å²) >= 11 is 4.80. The molecule has 0 spiro atoms. The van der Waals surface area contributed by atoms with Gasteiger partial charge in [0.15, 0.2) is 10.9 Å². The third kappa shape index (κ3) is 2.94. The van der Waals surface area contributed by atoms with Gasteiger partial charge >= 0.3 is 0 Å². The number of aromatic nitrogens is 2. The first kappa shape index (κ1) is 13.4. The highest BCUT2D eigenvalue weighted by Gasteiger charge is 2.09. The van der Waals surface area contributed by atoms with Gasteiger partial charge in [-0.3, -0.25) is 4.79 Å². The quantitative estimate of drug-likeness (QED) is 0.565. The summed E-state index contributed by atoms with van der Waals surface area (Å²) in [5.74, 6) is 0.466. The molecule has 0 fully saturated rings. The Kier molecular flexibility index (Phi) is 3.89. The predicted molar refractivity (Wildman–Crippen MR) is 85.3 cm³/mol. The van der Waals surface area contributed by atoms with Gasteiger partial charge in [0, 0.05) is 10.0 Å². The minimum atomic E-state index is 0.0942. The van der Waals surface area contributed by atoms with Gasteiger partial charge in [0.1, 0.15) is 0 Å². The van der Waals surface area contributed by atoms with Crippen LogP contribution in [0, 0.1) is 0 Å². The van der Waals surface area contributed by atoms with Crippen LogP contribution in [-0.2, 0) is 0 Å². The van der Waals surface area contributed by atoms with Crippen LogP contribution in [-0.4, -0.2) is 21.5 Å². The highest BCUT2D eigenvalue weighted by molar-refractivity contribution is 9.10. The second kappa shape index (κ2) is 5.81. The molecule has 1 N–H and O–H groups in total. The van der Waals surface area contributed by atoms with Crippen molar-refractivity contribution in [3.63, 3.8) is 0 Å². The fraction of sp³-hybridized carbons (Fsp3) is 0.0667. The number of carbonyl (C=O) groups excluding carboxylic acids is 1. The Balaban J connectivity index is 1.71. The van der Waals surface area contributed by atoms with E-state index in [0.29, 0.717) is 11.3 Å². The van der Waals surface area contributed by atoms with Crippen molar-refractivity contribution in [1.82, 2.24) is 9.97 Å². The molecule has 0 saturated carbocycles. The lowest BCUT2D eigenvalue weighted by Crippen LogP contribution is -2.02. The minimum absolute atomic E-state index is 0.0942. The lowest BCUT2D eigenvalue weighted by atomic mass is 10.2. The number of Topliss-reactive ketones (excluding diaryl/α,β-unsaturated/α-hetero) is 1. The molecule has 100 valence electrons. The molecule has 3 rings (SSSR count). The first-order valence-electron chi connectivity index (χ1n) is 6.09. The summed E-state index contributed by atoms with van der Waals surface area (Å²) in [4.78, 5) is 19.7. The summed E-state index contributed by atoms with van der Waals surface area (Å²) in [7, 11) is 0. The average Bonchev–Trinajstić information content (AvgIpc) is 2.87. The molecule has 0 atom stereocenters. The number of imidazole rings is 1. The number of ketones is 1. The number of benzene rings is 2. The number of aromatic amines is 1. The molecule has 0 aliphatic rings. The van der Waals surface area contributed by atoms with Crippen LogP contribution in [0.4, 0.5) is 0 Å². The molecule has 0 bridgehead atoms. The standard InChI is InChI=1S/C15H11BrN2OS/c16-11-5-3-4-10(8-11)14(19)9-20-15-17-12-6-1-2-7-13(12)18-15/h1-8H,9H2,(H,17,18). The van der Waals surface area contributed by atoms with E-state index in [4.69, 9.17) is 0 Å². The summed E-state index contributed by atoms with van der Waals surface area (Å²) in [6.07, 6.45) is 0. The Morgan fingerprint density at radius 2 is 2.05 bits per heavy atom. The van der Waals surface area contributed by atoms with E-state index in [9.17, 15) is 4.79 Å². The minimum Gasteiger partial charge on any atom is -0.333 e. The van der Waals surface area contributed by atoms with Gasteiger partial charge in [-0.1, -0.05) is 52.0 Å². The third-order valence-electron chi connectivity index (χ3n) is 2.85. The molecule has 0 amide bonds. The molecule has 2 aromatic carbocycles. The van der Waals surface area contributed by atoms with Gasteiger partial charge in [0.2, 0.25) is 0 Å². The smallest absolute Gasteiger partial charge is 0.173 e.